The lowest BCUT2D eigenvalue weighted by molar-refractivity contribution is 0.102. The maximum Gasteiger partial charge on any atom is 0.257 e. The Morgan fingerprint density at radius 1 is 1.08 bits per heavy atom. The van der Waals surface area contributed by atoms with Crippen molar-refractivity contribution in [3.8, 4) is 0 Å². The highest BCUT2D eigenvalue weighted by Gasteiger charge is 2.26. The van der Waals surface area contributed by atoms with Gasteiger partial charge in [-0.3, -0.25) is 9.48 Å². The van der Waals surface area contributed by atoms with Crippen LogP contribution in [0, 0.1) is 12.7 Å². The molecule has 4 heterocycles. The first-order valence-corrected chi connectivity index (χ1v) is 11.9. The summed E-state index contributed by atoms with van der Waals surface area (Å²) in [6.45, 7) is 3.56. The number of hydrogen-bond acceptors (Lipinski definition) is 5. The SMILES string of the molecule is Cc1cn2cc(NC(=O)c3ccc(N4CCC(Nc5ccccc5)C4)c4cn(C)nc34)cc(F)c2n1. The average molecular weight is 484 g/mol. The second kappa shape index (κ2) is 8.67. The molecule has 8 nitrogen and oxygen atoms in total. The van der Waals surface area contributed by atoms with Gasteiger partial charge >= 0.3 is 0 Å². The molecular weight excluding hydrogens is 457 g/mol. The van der Waals surface area contributed by atoms with Gasteiger partial charge in [0, 0.05) is 67.6 Å². The van der Waals surface area contributed by atoms with E-state index in [4.69, 9.17) is 0 Å². The van der Waals surface area contributed by atoms with Crippen LogP contribution >= 0.6 is 0 Å². The lowest BCUT2D eigenvalue weighted by atomic mass is 10.1. The standard InChI is InChI=1S/C27H26FN7O/c1-17-13-35-15-20(12-23(28)26(35)29-17)31-27(36)21-8-9-24(22-16-33(2)32-25(21)22)34-11-10-19(14-34)30-18-6-4-3-5-7-18/h3-9,12-13,15-16,19,30H,10-11,14H2,1-2H3,(H,31,36). The molecule has 5 aromatic rings. The van der Waals surface area contributed by atoms with Crippen LogP contribution in [0.5, 0.6) is 0 Å². The molecule has 0 spiro atoms. The van der Waals surface area contributed by atoms with Crippen molar-refractivity contribution in [2.45, 2.75) is 19.4 Å². The Kier molecular flexibility index (Phi) is 5.32. The molecule has 0 saturated carbocycles. The zero-order valence-corrected chi connectivity index (χ0v) is 20.1. The number of halogens is 1. The number of fused-ring (bicyclic) bond motifs is 2. The molecule has 1 amide bonds. The summed E-state index contributed by atoms with van der Waals surface area (Å²) in [5.74, 6) is -0.835. The van der Waals surface area contributed by atoms with Crippen molar-refractivity contribution < 1.29 is 9.18 Å². The van der Waals surface area contributed by atoms with E-state index in [0.717, 1.165) is 36.3 Å². The van der Waals surface area contributed by atoms with Gasteiger partial charge in [0.2, 0.25) is 0 Å². The maximum atomic E-state index is 14.5. The van der Waals surface area contributed by atoms with Gasteiger partial charge < -0.3 is 19.9 Å². The van der Waals surface area contributed by atoms with Gasteiger partial charge in [0.05, 0.1) is 16.9 Å². The second-order valence-electron chi connectivity index (χ2n) is 9.28. The highest BCUT2D eigenvalue weighted by molar-refractivity contribution is 6.13. The molecule has 2 N–H and O–H groups in total. The number of carbonyl (C=O) groups excluding carboxylic acids is 1. The molecule has 2 aromatic carbocycles. The van der Waals surface area contributed by atoms with Crippen molar-refractivity contribution in [3.05, 3.63) is 84.2 Å². The van der Waals surface area contributed by atoms with Crippen LogP contribution in [0.25, 0.3) is 16.6 Å². The number of aryl methyl sites for hydroxylation is 2. The van der Waals surface area contributed by atoms with Gasteiger partial charge in [-0.15, -0.1) is 0 Å². The summed E-state index contributed by atoms with van der Waals surface area (Å²) in [5, 5.41) is 11.9. The summed E-state index contributed by atoms with van der Waals surface area (Å²) in [6, 6.07) is 15.6. The van der Waals surface area contributed by atoms with Crippen LogP contribution in [0.3, 0.4) is 0 Å². The molecule has 3 aromatic heterocycles. The van der Waals surface area contributed by atoms with Crippen molar-refractivity contribution in [1.82, 2.24) is 19.2 Å². The van der Waals surface area contributed by atoms with Crippen LogP contribution in [0.4, 0.5) is 21.5 Å². The molecule has 9 heteroatoms. The smallest absolute Gasteiger partial charge is 0.257 e. The monoisotopic (exact) mass is 483 g/mol. The summed E-state index contributed by atoms with van der Waals surface area (Å²) in [6.07, 6.45) is 6.33. The molecule has 0 radical (unpaired) electrons. The molecule has 1 aliphatic heterocycles. The van der Waals surface area contributed by atoms with Gasteiger partial charge in [0.25, 0.3) is 5.91 Å². The zero-order chi connectivity index (χ0) is 24.8. The molecule has 1 aliphatic rings. The van der Waals surface area contributed by atoms with Crippen LogP contribution < -0.4 is 15.5 Å². The molecular formula is C27H26FN7O. The number of nitrogens with zero attached hydrogens (tertiary/aromatic N) is 5. The Labute approximate surface area is 207 Å². The first-order valence-electron chi connectivity index (χ1n) is 11.9. The lowest BCUT2D eigenvalue weighted by Crippen LogP contribution is -2.26. The van der Waals surface area contributed by atoms with E-state index < -0.39 is 5.82 Å². The van der Waals surface area contributed by atoms with Gasteiger partial charge in [-0.05, 0) is 37.6 Å². The molecule has 1 unspecified atom stereocenters. The molecule has 1 atom stereocenters. The first-order chi connectivity index (χ1) is 17.4. The van der Waals surface area contributed by atoms with Crippen molar-refractivity contribution >= 4 is 39.5 Å². The number of pyridine rings is 1. The van der Waals surface area contributed by atoms with Gasteiger partial charge in [-0.1, -0.05) is 18.2 Å². The number of nitrogens with one attached hydrogen (secondary N) is 2. The normalized spacial score (nSPS) is 15.6. The number of aromatic nitrogens is 4. The number of hydrogen-bond donors (Lipinski definition) is 2. The van der Waals surface area contributed by atoms with E-state index in [-0.39, 0.29) is 11.6 Å². The fraction of sp³-hybridized carbons (Fsp3) is 0.222. The van der Waals surface area contributed by atoms with E-state index >= 15 is 0 Å². The number of benzene rings is 2. The van der Waals surface area contributed by atoms with E-state index in [1.54, 1.807) is 34.5 Å². The van der Waals surface area contributed by atoms with Crippen molar-refractivity contribution in [2.24, 2.45) is 7.05 Å². The van der Waals surface area contributed by atoms with Crippen LogP contribution in [0.15, 0.2) is 67.1 Å². The van der Waals surface area contributed by atoms with E-state index in [1.807, 2.05) is 37.5 Å². The molecule has 182 valence electrons. The fourth-order valence-corrected chi connectivity index (χ4v) is 4.98. The Morgan fingerprint density at radius 2 is 1.92 bits per heavy atom. The van der Waals surface area contributed by atoms with E-state index in [0.29, 0.717) is 28.5 Å². The predicted octanol–water partition coefficient (Wildman–Crippen LogP) is 4.61. The van der Waals surface area contributed by atoms with Crippen LogP contribution in [-0.2, 0) is 7.05 Å². The van der Waals surface area contributed by atoms with E-state index in [9.17, 15) is 9.18 Å². The summed E-state index contributed by atoms with van der Waals surface area (Å²) in [5.41, 5.74) is 4.50. The Morgan fingerprint density at radius 3 is 2.75 bits per heavy atom. The number of amides is 1. The molecule has 0 aliphatic carbocycles. The van der Waals surface area contributed by atoms with Crippen LogP contribution in [-0.4, -0.2) is 44.2 Å². The van der Waals surface area contributed by atoms with Crippen molar-refractivity contribution in [1.29, 1.82) is 0 Å². The quantitative estimate of drug-likeness (QED) is 0.382. The molecule has 1 saturated heterocycles. The van der Waals surface area contributed by atoms with E-state index in [1.165, 1.54) is 6.07 Å². The third-order valence-electron chi connectivity index (χ3n) is 6.57. The minimum Gasteiger partial charge on any atom is -0.380 e. The largest absolute Gasteiger partial charge is 0.380 e. The summed E-state index contributed by atoms with van der Waals surface area (Å²) < 4.78 is 17.8. The zero-order valence-electron chi connectivity index (χ0n) is 20.1. The number of carbonyl (C=O) groups is 1. The van der Waals surface area contributed by atoms with Crippen LogP contribution in [0.2, 0.25) is 0 Å². The predicted molar refractivity (Wildman–Crippen MR) is 139 cm³/mol. The van der Waals surface area contributed by atoms with Crippen molar-refractivity contribution in [3.63, 3.8) is 0 Å². The summed E-state index contributed by atoms with van der Waals surface area (Å²) in [7, 11) is 1.85. The minimum absolute atomic E-state index is 0.229. The topological polar surface area (TPSA) is 79.5 Å². The summed E-state index contributed by atoms with van der Waals surface area (Å²) >= 11 is 0. The summed E-state index contributed by atoms with van der Waals surface area (Å²) in [4.78, 5) is 19.7. The molecule has 0 bridgehead atoms. The maximum absolute atomic E-state index is 14.5. The Hall–Kier alpha value is -4.40. The van der Waals surface area contributed by atoms with Gasteiger partial charge in [0.1, 0.15) is 5.52 Å². The van der Waals surface area contributed by atoms with Crippen molar-refractivity contribution in [2.75, 3.05) is 28.6 Å². The highest BCUT2D eigenvalue weighted by Crippen LogP contribution is 2.32. The van der Waals surface area contributed by atoms with E-state index in [2.05, 4.69) is 37.7 Å². The highest BCUT2D eigenvalue weighted by atomic mass is 19.1. The molecule has 1 fully saturated rings. The van der Waals surface area contributed by atoms with Gasteiger partial charge in [-0.25, -0.2) is 9.37 Å². The number of anilines is 3. The Bertz CT molecular complexity index is 1590. The molecule has 6 rings (SSSR count). The number of rotatable bonds is 5. The number of para-hydroxylation sites is 1. The molecule has 36 heavy (non-hydrogen) atoms. The fourth-order valence-electron chi connectivity index (χ4n) is 4.98. The minimum atomic E-state index is -0.494. The van der Waals surface area contributed by atoms with Gasteiger partial charge in [-0.2, -0.15) is 5.10 Å². The van der Waals surface area contributed by atoms with Crippen LogP contribution in [0.1, 0.15) is 22.5 Å². The number of imidazole rings is 1. The third-order valence-corrected chi connectivity index (χ3v) is 6.57. The second-order valence-corrected chi connectivity index (χ2v) is 9.28. The first kappa shape index (κ1) is 22.1. The Balaban J connectivity index is 1.26. The third kappa shape index (κ3) is 4.02. The van der Waals surface area contributed by atoms with Gasteiger partial charge in [0.15, 0.2) is 11.5 Å². The lowest BCUT2D eigenvalue weighted by Gasteiger charge is -2.21. The average Bonchev–Trinajstić information content (AvgIpc) is 3.56.